The Morgan fingerprint density at radius 3 is 2.27 bits per heavy atom. The fraction of sp³-hybridized carbons (Fsp3) is 0.529. The molecule has 1 unspecified atom stereocenters. The molecule has 22 heavy (non-hydrogen) atoms. The molecular formula is C17H27N3O2. The van der Waals surface area contributed by atoms with Crippen LogP contribution in [0.4, 0.5) is 0 Å². The lowest BCUT2D eigenvalue weighted by Gasteiger charge is -2.25. The van der Waals surface area contributed by atoms with Gasteiger partial charge in [0, 0.05) is 6.04 Å². The van der Waals surface area contributed by atoms with Gasteiger partial charge in [-0.3, -0.25) is 14.5 Å². The number of benzene rings is 1. The van der Waals surface area contributed by atoms with Crippen molar-refractivity contribution in [1.82, 2.24) is 10.2 Å². The molecule has 0 saturated carbocycles. The van der Waals surface area contributed by atoms with Crippen LogP contribution in [0.25, 0.3) is 0 Å². The fourth-order valence-corrected chi connectivity index (χ4v) is 2.21. The summed E-state index contributed by atoms with van der Waals surface area (Å²) in [6.45, 7) is 10.2. The summed E-state index contributed by atoms with van der Waals surface area (Å²) < 4.78 is 0. The van der Waals surface area contributed by atoms with Crippen molar-refractivity contribution < 1.29 is 9.59 Å². The number of amides is 2. The molecule has 0 radical (unpaired) electrons. The van der Waals surface area contributed by atoms with Gasteiger partial charge in [-0.05, 0) is 51.3 Å². The Labute approximate surface area is 132 Å². The molecule has 0 fully saturated rings. The average molecular weight is 305 g/mol. The van der Waals surface area contributed by atoms with Crippen molar-refractivity contribution in [3.8, 4) is 0 Å². The van der Waals surface area contributed by atoms with Gasteiger partial charge in [0.2, 0.25) is 11.8 Å². The first-order valence-corrected chi connectivity index (χ1v) is 7.59. The van der Waals surface area contributed by atoms with Gasteiger partial charge in [-0.2, -0.15) is 0 Å². The second-order valence-electron chi connectivity index (χ2n) is 6.10. The molecule has 0 bridgehead atoms. The SMILES string of the molecule is Cc1ccc(C(C)NC(=O)CN(CC(N)=O)C(C)C)cc1C. The molecule has 0 heterocycles. The smallest absolute Gasteiger partial charge is 0.234 e. The number of aryl methyl sites for hydroxylation is 2. The van der Waals surface area contributed by atoms with Crippen molar-refractivity contribution in [2.75, 3.05) is 13.1 Å². The van der Waals surface area contributed by atoms with E-state index in [1.54, 1.807) is 4.90 Å². The van der Waals surface area contributed by atoms with Crippen LogP contribution in [0.15, 0.2) is 18.2 Å². The summed E-state index contributed by atoms with van der Waals surface area (Å²) in [5, 5.41) is 2.97. The van der Waals surface area contributed by atoms with Crippen LogP contribution >= 0.6 is 0 Å². The predicted octanol–water partition coefficient (Wildman–Crippen LogP) is 1.68. The zero-order valence-corrected chi connectivity index (χ0v) is 14.1. The Bertz CT molecular complexity index is 541. The molecule has 1 aromatic rings. The molecule has 122 valence electrons. The highest BCUT2D eigenvalue weighted by molar-refractivity contribution is 5.80. The Morgan fingerprint density at radius 2 is 1.77 bits per heavy atom. The van der Waals surface area contributed by atoms with E-state index in [1.807, 2.05) is 26.8 Å². The number of hydrogen-bond donors (Lipinski definition) is 2. The first-order valence-electron chi connectivity index (χ1n) is 7.59. The second-order valence-corrected chi connectivity index (χ2v) is 6.10. The van der Waals surface area contributed by atoms with Gasteiger partial charge in [0.05, 0.1) is 19.1 Å². The zero-order chi connectivity index (χ0) is 16.9. The van der Waals surface area contributed by atoms with Crippen molar-refractivity contribution in [1.29, 1.82) is 0 Å². The van der Waals surface area contributed by atoms with Crippen LogP contribution in [-0.4, -0.2) is 35.8 Å². The molecule has 1 rings (SSSR count). The molecule has 0 saturated heterocycles. The van der Waals surface area contributed by atoms with Crippen molar-refractivity contribution in [2.24, 2.45) is 5.73 Å². The van der Waals surface area contributed by atoms with Gasteiger partial charge in [0.1, 0.15) is 0 Å². The van der Waals surface area contributed by atoms with Crippen LogP contribution in [0, 0.1) is 13.8 Å². The molecule has 5 heteroatoms. The maximum Gasteiger partial charge on any atom is 0.234 e. The molecule has 3 N–H and O–H groups in total. The number of carbonyl (C=O) groups is 2. The van der Waals surface area contributed by atoms with Gasteiger partial charge in [0.25, 0.3) is 0 Å². The number of carbonyl (C=O) groups excluding carboxylic acids is 2. The average Bonchev–Trinajstić information content (AvgIpc) is 2.40. The van der Waals surface area contributed by atoms with Crippen molar-refractivity contribution >= 4 is 11.8 Å². The monoisotopic (exact) mass is 305 g/mol. The standard InChI is InChI=1S/C17H27N3O2/c1-11(2)20(9-16(18)21)10-17(22)19-14(5)15-7-6-12(3)13(4)8-15/h6-8,11,14H,9-10H2,1-5H3,(H2,18,21)(H,19,22). The molecule has 0 aromatic heterocycles. The first kappa shape index (κ1) is 18.2. The molecule has 0 aliphatic heterocycles. The molecular weight excluding hydrogens is 278 g/mol. The van der Waals surface area contributed by atoms with E-state index in [1.165, 1.54) is 11.1 Å². The number of primary amides is 1. The molecule has 5 nitrogen and oxygen atoms in total. The van der Waals surface area contributed by atoms with Crippen LogP contribution < -0.4 is 11.1 Å². The highest BCUT2D eigenvalue weighted by Gasteiger charge is 2.17. The third kappa shape index (κ3) is 5.48. The molecule has 0 aliphatic rings. The second kappa shape index (κ2) is 7.94. The lowest BCUT2D eigenvalue weighted by Crippen LogP contribution is -2.45. The maximum absolute atomic E-state index is 12.2. The van der Waals surface area contributed by atoms with Gasteiger partial charge >= 0.3 is 0 Å². The topological polar surface area (TPSA) is 75.4 Å². The van der Waals surface area contributed by atoms with Gasteiger partial charge in [-0.15, -0.1) is 0 Å². The van der Waals surface area contributed by atoms with Crippen LogP contribution in [0.1, 0.15) is 43.5 Å². The number of nitrogens with two attached hydrogens (primary N) is 1. The van der Waals surface area contributed by atoms with Crippen LogP contribution in [0.3, 0.4) is 0 Å². The maximum atomic E-state index is 12.2. The highest BCUT2D eigenvalue weighted by Crippen LogP contribution is 2.16. The lowest BCUT2D eigenvalue weighted by atomic mass is 10.0. The molecule has 0 aliphatic carbocycles. The van der Waals surface area contributed by atoms with Crippen LogP contribution in [0.5, 0.6) is 0 Å². The van der Waals surface area contributed by atoms with E-state index in [2.05, 4.69) is 31.3 Å². The summed E-state index contributed by atoms with van der Waals surface area (Å²) in [7, 11) is 0. The highest BCUT2D eigenvalue weighted by atomic mass is 16.2. The molecule has 1 aromatic carbocycles. The summed E-state index contributed by atoms with van der Waals surface area (Å²) in [4.78, 5) is 25.0. The minimum absolute atomic E-state index is 0.0746. The zero-order valence-electron chi connectivity index (χ0n) is 14.1. The Kier molecular flexibility index (Phi) is 6.56. The van der Waals surface area contributed by atoms with E-state index >= 15 is 0 Å². The van der Waals surface area contributed by atoms with Crippen LogP contribution in [0.2, 0.25) is 0 Å². The summed E-state index contributed by atoms with van der Waals surface area (Å²) in [6.07, 6.45) is 0. The summed E-state index contributed by atoms with van der Waals surface area (Å²) in [6, 6.07) is 6.17. The quantitative estimate of drug-likeness (QED) is 0.804. The summed E-state index contributed by atoms with van der Waals surface area (Å²) in [5.41, 5.74) is 8.73. The molecule has 0 spiro atoms. The number of hydrogen-bond acceptors (Lipinski definition) is 3. The van der Waals surface area contributed by atoms with E-state index in [0.717, 1.165) is 5.56 Å². The molecule has 1 atom stereocenters. The lowest BCUT2D eigenvalue weighted by molar-refractivity contribution is -0.125. The number of nitrogens with one attached hydrogen (secondary N) is 1. The van der Waals surface area contributed by atoms with E-state index in [4.69, 9.17) is 5.73 Å². The van der Waals surface area contributed by atoms with E-state index in [9.17, 15) is 9.59 Å². The predicted molar refractivity (Wildman–Crippen MR) is 88.4 cm³/mol. The van der Waals surface area contributed by atoms with Gasteiger partial charge in [0.15, 0.2) is 0 Å². The van der Waals surface area contributed by atoms with E-state index in [0.29, 0.717) is 0 Å². The van der Waals surface area contributed by atoms with Crippen molar-refractivity contribution in [3.05, 3.63) is 34.9 Å². The summed E-state index contributed by atoms with van der Waals surface area (Å²) in [5.74, 6) is -0.538. The Balaban J connectivity index is 2.66. The van der Waals surface area contributed by atoms with Crippen LogP contribution in [-0.2, 0) is 9.59 Å². The fourth-order valence-electron chi connectivity index (χ4n) is 2.21. The van der Waals surface area contributed by atoms with Gasteiger partial charge < -0.3 is 11.1 Å². The number of rotatable bonds is 7. The largest absolute Gasteiger partial charge is 0.369 e. The Hall–Kier alpha value is -1.88. The third-order valence-electron chi connectivity index (χ3n) is 3.84. The Morgan fingerprint density at radius 1 is 1.14 bits per heavy atom. The third-order valence-corrected chi connectivity index (χ3v) is 3.84. The van der Waals surface area contributed by atoms with Gasteiger partial charge in [-0.1, -0.05) is 18.2 Å². The van der Waals surface area contributed by atoms with Crippen molar-refractivity contribution in [2.45, 2.75) is 46.7 Å². The van der Waals surface area contributed by atoms with Gasteiger partial charge in [-0.25, -0.2) is 0 Å². The van der Waals surface area contributed by atoms with Crippen molar-refractivity contribution in [3.63, 3.8) is 0 Å². The minimum Gasteiger partial charge on any atom is -0.369 e. The molecule has 2 amide bonds. The summed E-state index contributed by atoms with van der Waals surface area (Å²) >= 11 is 0. The van der Waals surface area contributed by atoms with E-state index < -0.39 is 5.91 Å². The van der Waals surface area contributed by atoms with E-state index in [-0.39, 0.29) is 31.1 Å². The first-order chi connectivity index (χ1) is 10.2. The number of nitrogens with zero attached hydrogens (tertiary/aromatic N) is 1. The normalized spacial score (nSPS) is 12.5. The minimum atomic E-state index is -0.427.